The Labute approximate surface area is 114 Å². The first kappa shape index (κ1) is 14.0. The molecule has 2 aromatic rings. The van der Waals surface area contributed by atoms with Crippen LogP contribution in [-0.4, -0.2) is 23.3 Å². The molecule has 0 aliphatic rings. The van der Waals surface area contributed by atoms with E-state index in [9.17, 15) is 0 Å². The highest BCUT2D eigenvalue weighted by Crippen LogP contribution is 2.19. The van der Waals surface area contributed by atoms with Crippen LogP contribution in [0.1, 0.15) is 31.2 Å². The lowest BCUT2D eigenvalue weighted by atomic mass is 10.2. The molecule has 0 amide bonds. The fourth-order valence-electron chi connectivity index (χ4n) is 2.39. The lowest BCUT2D eigenvalue weighted by molar-refractivity contribution is 0.194. The van der Waals surface area contributed by atoms with E-state index in [0.717, 1.165) is 49.3 Å². The van der Waals surface area contributed by atoms with Gasteiger partial charge < -0.3 is 15.0 Å². The summed E-state index contributed by atoms with van der Waals surface area (Å²) in [4.78, 5) is 4.76. The van der Waals surface area contributed by atoms with Crippen molar-refractivity contribution in [3.8, 4) is 0 Å². The molecule has 104 valence electrons. The normalized spacial score (nSPS) is 11.3. The van der Waals surface area contributed by atoms with Gasteiger partial charge in [-0.15, -0.1) is 0 Å². The molecule has 0 bridgehead atoms. The first-order valence-electron chi connectivity index (χ1n) is 6.97. The van der Waals surface area contributed by atoms with Crippen LogP contribution in [0.3, 0.4) is 0 Å². The van der Waals surface area contributed by atoms with Crippen molar-refractivity contribution >= 4 is 11.0 Å². The average molecular weight is 261 g/mol. The van der Waals surface area contributed by atoms with Gasteiger partial charge in [0.15, 0.2) is 0 Å². The second-order valence-electron chi connectivity index (χ2n) is 4.80. The fourth-order valence-corrected chi connectivity index (χ4v) is 2.39. The largest absolute Gasteiger partial charge is 0.385 e. The molecule has 0 aliphatic heterocycles. The number of imidazole rings is 1. The number of aryl methyl sites for hydroxylation is 2. The van der Waals surface area contributed by atoms with Gasteiger partial charge in [-0.25, -0.2) is 4.98 Å². The molecule has 0 spiro atoms. The molecule has 0 unspecified atom stereocenters. The van der Waals surface area contributed by atoms with Gasteiger partial charge in [0.05, 0.1) is 11.0 Å². The number of nitrogens with two attached hydrogens (primary N) is 1. The Morgan fingerprint density at radius 3 is 2.89 bits per heavy atom. The van der Waals surface area contributed by atoms with Crippen molar-refractivity contribution in [3.63, 3.8) is 0 Å². The molecule has 1 aromatic carbocycles. The molecule has 0 atom stereocenters. The van der Waals surface area contributed by atoms with Gasteiger partial charge >= 0.3 is 0 Å². The van der Waals surface area contributed by atoms with Crippen LogP contribution in [0, 0.1) is 0 Å². The summed E-state index contributed by atoms with van der Waals surface area (Å²) in [6, 6.07) is 6.33. The fraction of sp³-hybridized carbons (Fsp3) is 0.533. The van der Waals surface area contributed by atoms with E-state index >= 15 is 0 Å². The Balaban J connectivity index is 2.34. The maximum absolute atomic E-state index is 5.69. The number of fused-ring (bicyclic) bond motifs is 1. The quantitative estimate of drug-likeness (QED) is 0.779. The molecule has 0 radical (unpaired) electrons. The summed E-state index contributed by atoms with van der Waals surface area (Å²) in [6.45, 7) is 4.55. The monoisotopic (exact) mass is 261 g/mol. The predicted molar refractivity (Wildman–Crippen MR) is 78.1 cm³/mol. The lowest BCUT2D eigenvalue weighted by Gasteiger charge is -2.07. The Kier molecular flexibility index (Phi) is 4.93. The van der Waals surface area contributed by atoms with Crippen LogP contribution in [0.15, 0.2) is 18.2 Å². The number of hydrogen-bond acceptors (Lipinski definition) is 3. The van der Waals surface area contributed by atoms with Crippen molar-refractivity contribution in [3.05, 3.63) is 29.6 Å². The zero-order valence-electron chi connectivity index (χ0n) is 11.9. The summed E-state index contributed by atoms with van der Waals surface area (Å²) in [5.41, 5.74) is 9.10. The number of aromatic nitrogens is 2. The summed E-state index contributed by atoms with van der Waals surface area (Å²) in [6.07, 6.45) is 3.08. The number of rotatable bonds is 7. The molecule has 4 heteroatoms. The molecular formula is C15H23N3O. The number of benzene rings is 1. The number of methoxy groups -OCH3 is 1. The van der Waals surface area contributed by atoms with E-state index in [1.54, 1.807) is 7.11 Å². The average Bonchev–Trinajstić information content (AvgIpc) is 2.77. The van der Waals surface area contributed by atoms with Crippen LogP contribution in [0.2, 0.25) is 0 Å². The maximum Gasteiger partial charge on any atom is 0.109 e. The Hall–Kier alpha value is -1.39. The van der Waals surface area contributed by atoms with Crippen LogP contribution in [0.4, 0.5) is 0 Å². The van der Waals surface area contributed by atoms with Gasteiger partial charge in [-0.1, -0.05) is 13.0 Å². The summed E-state index contributed by atoms with van der Waals surface area (Å²) in [7, 11) is 1.74. The smallest absolute Gasteiger partial charge is 0.109 e. The van der Waals surface area contributed by atoms with Gasteiger partial charge in [0.25, 0.3) is 0 Å². The Morgan fingerprint density at radius 1 is 1.37 bits per heavy atom. The molecule has 4 nitrogen and oxygen atoms in total. The second-order valence-corrected chi connectivity index (χ2v) is 4.80. The third-order valence-electron chi connectivity index (χ3n) is 3.32. The molecule has 1 aromatic heterocycles. The number of hydrogen-bond donors (Lipinski definition) is 1. The minimum atomic E-state index is 0.565. The van der Waals surface area contributed by atoms with Crippen LogP contribution in [-0.2, 0) is 24.2 Å². The minimum Gasteiger partial charge on any atom is -0.385 e. The summed E-state index contributed by atoms with van der Waals surface area (Å²) in [5.74, 6) is 1.16. The molecule has 0 saturated heterocycles. The maximum atomic E-state index is 5.69. The van der Waals surface area contributed by atoms with E-state index in [2.05, 4.69) is 29.7 Å². The molecule has 19 heavy (non-hydrogen) atoms. The van der Waals surface area contributed by atoms with Gasteiger partial charge in [-0.2, -0.15) is 0 Å². The van der Waals surface area contributed by atoms with Gasteiger partial charge in [-0.3, -0.25) is 0 Å². The van der Waals surface area contributed by atoms with E-state index in [1.807, 2.05) is 0 Å². The molecule has 0 aliphatic carbocycles. The minimum absolute atomic E-state index is 0.565. The van der Waals surface area contributed by atoms with Crippen LogP contribution < -0.4 is 5.73 Å². The Bertz CT molecular complexity index is 533. The highest BCUT2D eigenvalue weighted by molar-refractivity contribution is 5.77. The molecule has 0 saturated carbocycles. The van der Waals surface area contributed by atoms with E-state index in [-0.39, 0.29) is 0 Å². The molecular weight excluding hydrogens is 238 g/mol. The van der Waals surface area contributed by atoms with Crippen molar-refractivity contribution in [2.45, 2.75) is 39.3 Å². The van der Waals surface area contributed by atoms with Gasteiger partial charge in [0.2, 0.25) is 0 Å². The molecule has 2 rings (SSSR count). The lowest BCUT2D eigenvalue weighted by Crippen LogP contribution is -2.05. The standard InChI is InChI=1S/C15H23N3O/c1-3-8-18-14-7-6-12(11-16)10-13(14)17-15(18)5-4-9-19-2/h6-7,10H,3-5,8-9,11,16H2,1-2H3. The third-order valence-corrected chi connectivity index (χ3v) is 3.32. The third kappa shape index (κ3) is 3.14. The van der Waals surface area contributed by atoms with Crippen LogP contribution in [0.5, 0.6) is 0 Å². The highest BCUT2D eigenvalue weighted by atomic mass is 16.5. The second kappa shape index (κ2) is 6.68. The van der Waals surface area contributed by atoms with E-state index in [1.165, 1.54) is 5.52 Å². The van der Waals surface area contributed by atoms with Crippen molar-refractivity contribution in [2.24, 2.45) is 5.73 Å². The SMILES string of the molecule is CCCn1c(CCCOC)nc2cc(CN)ccc21. The molecule has 2 N–H and O–H groups in total. The van der Waals surface area contributed by atoms with E-state index in [0.29, 0.717) is 6.54 Å². The molecule has 1 heterocycles. The van der Waals surface area contributed by atoms with Crippen LogP contribution >= 0.6 is 0 Å². The number of ether oxygens (including phenoxy) is 1. The summed E-state index contributed by atoms with van der Waals surface area (Å²) in [5, 5.41) is 0. The van der Waals surface area contributed by atoms with Crippen LogP contribution in [0.25, 0.3) is 11.0 Å². The molecule has 0 fully saturated rings. The van der Waals surface area contributed by atoms with E-state index in [4.69, 9.17) is 15.5 Å². The Morgan fingerprint density at radius 2 is 2.21 bits per heavy atom. The number of nitrogens with zero attached hydrogens (tertiary/aromatic N) is 2. The van der Waals surface area contributed by atoms with Crippen molar-refractivity contribution in [1.82, 2.24) is 9.55 Å². The van der Waals surface area contributed by atoms with E-state index < -0.39 is 0 Å². The predicted octanol–water partition coefficient (Wildman–Crippen LogP) is 2.48. The zero-order valence-corrected chi connectivity index (χ0v) is 11.9. The topological polar surface area (TPSA) is 53.1 Å². The summed E-state index contributed by atoms with van der Waals surface area (Å²) < 4.78 is 7.45. The van der Waals surface area contributed by atoms with Crippen molar-refractivity contribution < 1.29 is 4.74 Å². The highest BCUT2D eigenvalue weighted by Gasteiger charge is 2.10. The summed E-state index contributed by atoms with van der Waals surface area (Å²) >= 11 is 0. The van der Waals surface area contributed by atoms with Gasteiger partial charge in [0.1, 0.15) is 5.82 Å². The van der Waals surface area contributed by atoms with Gasteiger partial charge in [0, 0.05) is 33.2 Å². The van der Waals surface area contributed by atoms with Crippen molar-refractivity contribution in [1.29, 1.82) is 0 Å². The first-order valence-corrected chi connectivity index (χ1v) is 6.97. The van der Waals surface area contributed by atoms with Crippen molar-refractivity contribution in [2.75, 3.05) is 13.7 Å². The first-order chi connectivity index (χ1) is 9.30. The van der Waals surface area contributed by atoms with Gasteiger partial charge in [-0.05, 0) is 30.5 Å². The zero-order chi connectivity index (χ0) is 13.7.